The molecular formula is C14H22Si. The second-order valence-corrected chi connectivity index (χ2v) is 10.9. The van der Waals surface area contributed by atoms with Crippen molar-refractivity contribution in [3.63, 3.8) is 0 Å². The van der Waals surface area contributed by atoms with Crippen LogP contribution in [0.5, 0.6) is 0 Å². The van der Waals surface area contributed by atoms with E-state index in [1.54, 1.807) is 24.6 Å². The minimum absolute atomic E-state index is 0.794. The molecule has 3 aliphatic rings. The van der Waals surface area contributed by atoms with Gasteiger partial charge in [-0.2, -0.15) is 0 Å². The lowest BCUT2D eigenvalue weighted by Crippen LogP contribution is -2.45. The average molecular weight is 218 g/mol. The molecule has 2 atom stereocenters. The van der Waals surface area contributed by atoms with Crippen LogP contribution in [0.15, 0.2) is 23.8 Å². The minimum atomic E-state index is -0.794. The number of allylic oxidation sites excluding steroid dienone is 4. The first-order chi connectivity index (χ1) is 7.36. The fourth-order valence-electron chi connectivity index (χ4n) is 4.15. The van der Waals surface area contributed by atoms with Gasteiger partial charge in [0.15, 0.2) is 0 Å². The fourth-order valence-corrected chi connectivity index (χ4v) is 9.13. The van der Waals surface area contributed by atoms with Crippen LogP contribution < -0.4 is 0 Å². The SMILES string of the molecule is CC[Si]1(C2CCC3CC=CC=C32)CCC1. The smallest absolute Gasteiger partial charge is 0.0605 e. The summed E-state index contributed by atoms with van der Waals surface area (Å²) in [6, 6.07) is 4.83. The summed E-state index contributed by atoms with van der Waals surface area (Å²) in [5.74, 6) is 0.955. The van der Waals surface area contributed by atoms with Crippen LogP contribution in [-0.2, 0) is 0 Å². The predicted octanol–water partition coefficient (Wildman–Crippen LogP) is 4.53. The molecule has 0 aromatic heterocycles. The van der Waals surface area contributed by atoms with E-state index in [4.69, 9.17) is 0 Å². The van der Waals surface area contributed by atoms with E-state index in [1.165, 1.54) is 19.3 Å². The summed E-state index contributed by atoms with van der Waals surface area (Å²) in [6.45, 7) is 2.47. The summed E-state index contributed by atoms with van der Waals surface area (Å²) < 4.78 is 0. The van der Waals surface area contributed by atoms with E-state index in [0.29, 0.717) is 0 Å². The zero-order valence-electron chi connectivity index (χ0n) is 9.84. The minimum Gasteiger partial charge on any atom is -0.0839 e. The molecule has 1 heteroatoms. The van der Waals surface area contributed by atoms with Gasteiger partial charge in [0.05, 0.1) is 8.07 Å². The van der Waals surface area contributed by atoms with Crippen LogP contribution in [0.2, 0.25) is 23.7 Å². The van der Waals surface area contributed by atoms with Crippen LogP contribution in [-0.4, -0.2) is 8.07 Å². The maximum absolute atomic E-state index is 2.48. The van der Waals surface area contributed by atoms with E-state index in [1.807, 2.05) is 5.57 Å². The van der Waals surface area contributed by atoms with E-state index < -0.39 is 8.07 Å². The molecule has 2 aliphatic carbocycles. The monoisotopic (exact) mass is 218 g/mol. The number of fused-ring (bicyclic) bond motifs is 1. The third-order valence-corrected chi connectivity index (χ3v) is 11.5. The van der Waals surface area contributed by atoms with Gasteiger partial charge in [0.2, 0.25) is 0 Å². The second kappa shape index (κ2) is 3.62. The lowest BCUT2D eigenvalue weighted by molar-refractivity contribution is 0.632. The summed E-state index contributed by atoms with van der Waals surface area (Å²) in [6.07, 6.45) is 13.1. The molecule has 2 fully saturated rings. The first kappa shape index (κ1) is 9.89. The Balaban J connectivity index is 1.87. The van der Waals surface area contributed by atoms with Crippen LogP contribution >= 0.6 is 0 Å². The van der Waals surface area contributed by atoms with Crippen LogP contribution in [0.25, 0.3) is 0 Å². The van der Waals surface area contributed by atoms with Gasteiger partial charge < -0.3 is 0 Å². The molecule has 82 valence electrons. The topological polar surface area (TPSA) is 0 Å². The van der Waals surface area contributed by atoms with Gasteiger partial charge >= 0.3 is 0 Å². The molecule has 0 aromatic rings. The first-order valence-corrected chi connectivity index (χ1v) is 9.42. The van der Waals surface area contributed by atoms with Crippen molar-refractivity contribution in [2.45, 2.75) is 56.3 Å². The van der Waals surface area contributed by atoms with Crippen molar-refractivity contribution >= 4 is 8.07 Å². The highest BCUT2D eigenvalue weighted by Crippen LogP contribution is 2.56. The Morgan fingerprint density at radius 3 is 2.87 bits per heavy atom. The molecule has 3 rings (SSSR count). The Morgan fingerprint density at radius 1 is 1.33 bits per heavy atom. The van der Waals surface area contributed by atoms with Crippen molar-refractivity contribution in [3.8, 4) is 0 Å². The largest absolute Gasteiger partial charge is 0.0839 e. The third kappa shape index (κ3) is 1.39. The van der Waals surface area contributed by atoms with E-state index in [9.17, 15) is 0 Å². The van der Waals surface area contributed by atoms with Gasteiger partial charge in [-0.25, -0.2) is 0 Å². The summed E-state index contributed by atoms with van der Waals surface area (Å²) in [7, 11) is -0.794. The predicted molar refractivity (Wildman–Crippen MR) is 68.8 cm³/mol. The Kier molecular flexibility index (Phi) is 2.39. The highest BCUT2D eigenvalue weighted by Gasteiger charge is 2.49. The van der Waals surface area contributed by atoms with Gasteiger partial charge in [0.1, 0.15) is 0 Å². The third-order valence-electron chi connectivity index (χ3n) is 5.32. The normalized spacial score (nSPS) is 37.0. The van der Waals surface area contributed by atoms with Gasteiger partial charge in [-0.15, -0.1) is 0 Å². The number of rotatable bonds is 2. The van der Waals surface area contributed by atoms with Gasteiger partial charge in [-0.3, -0.25) is 0 Å². The number of hydrogen-bond acceptors (Lipinski definition) is 0. The van der Waals surface area contributed by atoms with E-state index >= 15 is 0 Å². The molecule has 0 bridgehead atoms. The molecule has 1 saturated heterocycles. The van der Waals surface area contributed by atoms with E-state index in [0.717, 1.165) is 11.5 Å². The summed E-state index contributed by atoms with van der Waals surface area (Å²) in [5.41, 5.74) is 2.97. The van der Waals surface area contributed by atoms with Crippen molar-refractivity contribution in [2.24, 2.45) is 5.92 Å². The maximum atomic E-state index is 2.48. The van der Waals surface area contributed by atoms with E-state index in [-0.39, 0.29) is 0 Å². The first-order valence-electron chi connectivity index (χ1n) is 6.72. The molecule has 0 amide bonds. The molecule has 1 heterocycles. The number of hydrogen-bond donors (Lipinski definition) is 0. The zero-order valence-corrected chi connectivity index (χ0v) is 10.8. The quantitative estimate of drug-likeness (QED) is 0.598. The highest BCUT2D eigenvalue weighted by atomic mass is 28.3. The zero-order chi connectivity index (χ0) is 10.3. The van der Waals surface area contributed by atoms with Crippen LogP contribution in [0.1, 0.15) is 32.6 Å². The summed E-state index contributed by atoms with van der Waals surface area (Å²) in [5, 5.41) is 0. The van der Waals surface area contributed by atoms with E-state index in [2.05, 4.69) is 25.2 Å². The van der Waals surface area contributed by atoms with Crippen molar-refractivity contribution < 1.29 is 0 Å². The van der Waals surface area contributed by atoms with Crippen LogP contribution in [0.4, 0.5) is 0 Å². The molecule has 0 N–H and O–H groups in total. The van der Waals surface area contributed by atoms with Gasteiger partial charge in [0, 0.05) is 0 Å². The average Bonchev–Trinajstić information content (AvgIpc) is 2.62. The lowest BCUT2D eigenvalue weighted by atomic mass is 9.95. The van der Waals surface area contributed by atoms with Crippen LogP contribution in [0, 0.1) is 5.92 Å². The van der Waals surface area contributed by atoms with Crippen molar-refractivity contribution in [2.75, 3.05) is 0 Å². The lowest BCUT2D eigenvalue weighted by Gasteiger charge is -2.45. The molecular weight excluding hydrogens is 196 g/mol. The molecule has 0 nitrogen and oxygen atoms in total. The van der Waals surface area contributed by atoms with Gasteiger partial charge in [-0.1, -0.05) is 55.3 Å². The Morgan fingerprint density at radius 2 is 2.20 bits per heavy atom. The van der Waals surface area contributed by atoms with Crippen molar-refractivity contribution in [1.82, 2.24) is 0 Å². The molecule has 1 saturated carbocycles. The molecule has 1 aliphatic heterocycles. The molecule has 0 radical (unpaired) electrons. The Labute approximate surface area is 94.5 Å². The van der Waals surface area contributed by atoms with Crippen molar-refractivity contribution in [1.29, 1.82) is 0 Å². The fraction of sp³-hybridized carbons (Fsp3) is 0.714. The molecule has 15 heavy (non-hydrogen) atoms. The molecule has 2 unspecified atom stereocenters. The highest BCUT2D eigenvalue weighted by molar-refractivity contribution is 6.84. The Hall–Kier alpha value is -0.303. The van der Waals surface area contributed by atoms with Crippen LogP contribution in [0.3, 0.4) is 0 Å². The molecule has 0 spiro atoms. The Bertz CT molecular complexity index is 304. The molecule has 0 aromatic carbocycles. The summed E-state index contributed by atoms with van der Waals surface area (Å²) in [4.78, 5) is 0. The van der Waals surface area contributed by atoms with Gasteiger partial charge in [-0.05, 0) is 30.7 Å². The summed E-state index contributed by atoms with van der Waals surface area (Å²) >= 11 is 0. The second-order valence-electron chi connectivity index (χ2n) is 5.73. The van der Waals surface area contributed by atoms with Crippen molar-refractivity contribution in [3.05, 3.63) is 23.8 Å². The van der Waals surface area contributed by atoms with Gasteiger partial charge in [0.25, 0.3) is 0 Å². The maximum Gasteiger partial charge on any atom is 0.0605 e. The standard InChI is InChI=1S/C14H22Si/c1-2-15(10-5-11-15)14-9-8-12-6-3-4-7-13(12)14/h3-4,7,12,14H,2,5-6,8-11H2,1H3.